The first-order valence-electron chi connectivity index (χ1n) is 10.5. The van der Waals surface area contributed by atoms with Crippen molar-refractivity contribution in [3.63, 3.8) is 0 Å². The van der Waals surface area contributed by atoms with Gasteiger partial charge in [-0.15, -0.1) is 0 Å². The molecule has 0 spiro atoms. The summed E-state index contributed by atoms with van der Waals surface area (Å²) in [5.74, 6) is 2.34. The van der Waals surface area contributed by atoms with Gasteiger partial charge in [-0.3, -0.25) is 4.79 Å². The molecule has 7 nitrogen and oxygen atoms in total. The van der Waals surface area contributed by atoms with E-state index in [1.165, 1.54) is 0 Å². The van der Waals surface area contributed by atoms with E-state index in [4.69, 9.17) is 9.26 Å². The molecule has 7 heteroatoms. The maximum atomic E-state index is 13.0. The van der Waals surface area contributed by atoms with Crippen LogP contribution in [0.5, 0.6) is 11.5 Å². The number of hydrogen-bond donors (Lipinski definition) is 2. The summed E-state index contributed by atoms with van der Waals surface area (Å²) in [6.07, 6.45) is 1.63. The molecule has 5 aromatic rings. The van der Waals surface area contributed by atoms with Crippen LogP contribution in [0.15, 0.2) is 70.0 Å². The van der Waals surface area contributed by atoms with Crippen LogP contribution in [0.4, 0.5) is 0 Å². The average Bonchev–Trinajstić information content (AvgIpc) is 3.40. The van der Waals surface area contributed by atoms with E-state index in [9.17, 15) is 4.79 Å². The van der Waals surface area contributed by atoms with Crippen LogP contribution < -0.4 is 10.3 Å². The molecule has 0 amide bonds. The molecule has 0 aliphatic rings. The Labute approximate surface area is 184 Å². The molecule has 3 heterocycles. The Balaban J connectivity index is 1.65. The first kappa shape index (κ1) is 19.8. The molecule has 0 bridgehead atoms. The number of pyridine rings is 1. The van der Waals surface area contributed by atoms with Crippen LogP contribution in [0.2, 0.25) is 0 Å². The zero-order chi connectivity index (χ0) is 22.1. The Kier molecular flexibility index (Phi) is 5.07. The highest BCUT2D eigenvalue weighted by atomic mass is 16.5. The average molecular weight is 426 g/mol. The van der Waals surface area contributed by atoms with Crippen LogP contribution >= 0.6 is 0 Å². The zero-order valence-corrected chi connectivity index (χ0v) is 17.8. The predicted octanol–water partition coefficient (Wildman–Crippen LogP) is 5.63. The molecule has 0 unspecified atom stereocenters. The van der Waals surface area contributed by atoms with Crippen molar-refractivity contribution in [2.24, 2.45) is 0 Å². The van der Waals surface area contributed by atoms with E-state index < -0.39 is 0 Å². The van der Waals surface area contributed by atoms with Crippen molar-refractivity contribution in [3.05, 3.63) is 82.5 Å². The summed E-state index contributed by atoms with van der Waals surface area (Å²) < 4.78 is 11.5. The third-order valence-electron chi connectivity index (χ3n) is 5.29. The molecular formula is C25H22N4O3. The van der Waals surface area contributed by atoms with E-state index in [-0.39, 0.29) is 5.56 Å². The molecule has 2 N–H and O–H groups in total. The summed E-state index contributed by atoms with van der Waals surface area (Å²) in [6.45, 7) is 3.93. The number of aryl methyl sites for hydroxylation is 2. The van der Waals surface area contributed by atoms with Crippen molar-refractivity contribution in [2.75, 3.05) is 0 Å². The largest absolute Gasteiger partial charge is 0.457 e. The molecule has 0 saturated carbocycles. The quantitative estimate of drug-likeness (QED) is 0.367. The molecule has 0 aliphatic heterocycles. The maximum Gasteiger partial charge on any atom is 0.274 e. The Hall–Kier alpha value is -4.13. The van der Waals surface area contributed by atoms with Crippen molar-refractivity contribution < 1.29 is 9.26 Å². The third kappa shape index (κ3) is 3.58. The molecule has 3 aromatic heterocycles. The SMILES string of the molecule is CCCc1noc(-c2cc3c(-c4ccccc4Oc4ccccc4)[nH]c(C)c3c(=O)[nH]2)n1. The number of aromatic nitrogens is 4. The van der Waals surface area contributed by atoms with Gasteiger partial charge in [0.05, 0.1) is 11.1 Å². The molecular weight excluding hydrogens is 404 g/mol. The van der Waals surface area contributed by atoms with Gasteiger partial charge in [0.1, 0.15) is 17.2 Å². The van der Waals surface area contributed by atoms with E-state index in [1.54, 1.807) is 0 Å². The van der Waals surface area contributed by atoms with Gasteiger partial charge in [-0.25, -0.2) is 0 Å². The highest BCUT2D eigenvalue weighted by molar-refractivity contribution is 5.99. The maximum absolute atomic E-state index is 13.0. The molecule has 32 heavy (non-hydrogen) atoms. The molecule has 160 valence electrons. The number of fused-ring (bicyclic) bond motifs is 1. The molecule has 5 rings (SSSR count). The molecule has 0 atom stereocenters. The van der Waals surface area contributed by atoms with Crippen molar-refractivity contribution in [2.45, 2.75) is 26.7 Å². The van der Waals surface area contributed by atoms with Crippen LogP contribution in [-0.4, -0.2) is 20.1 Å². The number of aromatic amines is 2. The first-order valence-corrected chi connectivity index (χ1v) is 10.5. The number of nitrogens with zero attached hydrogens (tertiary/aromatic N) is 2. The summed E-state index contributed by atoms with van der Waals surface area (Å²) in [7, 11) is 0. The van der Waals surface area contributed by atoms with E-state index in [0.29, 0.717) is 35.0 Å². The summed E-state index contributed by atoms with van der Waals surface area (Å²) in [5, 5.41) is 5.36. The van der Waals surface area contributed by atoms with E-state index in [2.05, 4.69) is 20.1 Å². The highest BCUT2D eigenvalue weighted by Crippen LogP contribution is 2.37. The number of para-hydroxylation sites is 2. The molecule has 0 fully saturated rings. The first-order chi connectivity index (χ1) is 15.6. The van der Waals surface area contributed by atoms with Crippen molar-refractivity contribution >= 4 is 10.8 Å². The van der Waals surface area contributed by atoms with Crippen LogP contribution in [0.25, 0.3) is 33.6 Å². The number of H-pyrrole nitrogens is 2. The minimum Gasteiger partial charge on any atom is -0.457 e. The molecule has 0 radical (unpaired) electrons. The van der Waals surface area contributed by atoms with Gasteiger partial charge in [-0.2, -0.15) is 4.98 Å². The zero-order valence-electron chi connectivity index (χ0n) is 17.8. The van der Waals surface area contributed by atoms with Gasteiger partial charge in [0.15, 0.2) is 5.82 Å². The lowest BCUT2D eigenvalue weighted by molar-refractivity contribution is 0.421. The van der Waals surface area contributed by atoms with E-state index in [1.807, 2.05) is 74.5 Å². The topological polar surface area (TPSA) is 96.8 Å². The monoisotopic (exact) mass is 426 g/mol. The standard InChI is InChI=1S/C25H22N4O3/c1-3-9-21-28-25(32-29-21)19-14-18-22(24(30)27-19)15(2)26-23(18)17-12-7-8-13-20(17)31-16-10-5-4-6-11-16/h4-8,10-14,26H,3,9H2,1-2H3,(H,27,30). The number of benzene rings is 2. The van der Waals surface area contributed by atoms with Crippen LogP contribution in [0, 0.1) is 6.92 Å². The fourth-order valence-corrected chi connectivity index (χ4v) is 3.84. The molecule has 0 saturated heterocycles. The number of ether oxygens (including phenoxy) is 1. The second-order valence-corrected chi connectivity index (χ2v) is 7.60. The minimum absolute atomic E-state index is 0.214. The Morgan fingerprint density at radius 3 is 2.62 bits per heavy atom. The van der Waals surface area contributed by atoms with Gasteiger partial charge < -0.3 is 19.2 Å². The van der Waals surface area contributed by atoms with Crippen molar-refractivity contribution in [3.8, 4) is 34.3 Å². The van der Waals surface area contributed by atoms with Gasteiger partial charge in [0, 0.05) is 23.1 Å². The number of hydrogen-bond acceptors (Lipinski definition) is 5. The lowest BCUT2D eigenvalue weighted by Gasteiger charge is -2.11. The van der Waals surface area contributed by atoms with Gasteiger partial charge in [-0.05, 0) is 43.7 Å². The van der Waals surface area contributed by atoms with Crippen molar-refractivity contribution in [1.82, 2.24) is 20.1 Å². The number of nitrogens with one attached hydrogen (secondary N) is 2. The summed E-state index contributed by atoms with van der Waals surface area (Å²) in [5.41, 5.74) is 2.69. The van der Waals surface area contributed by atoms with Gasteiger partial charge in [0.2, 0.25) is 0 Å². The highest BCUT2D eigenvalue weighted by Gasteiger charge is 2.19. The summed E-state index contributed by atoms with van der Waals surface area (Å²) >= 11 is 0. The third-order valence-corrected chi connectivity index (χ3v) is 5.29. The van der Waals surface area contributed by atoms with Gasteiger partial charge in [-0.1, -0.05) is 42.4 Å². The van der Waals surface area contributed by atoms with E-state index in [0.717, 1.165) is 34.5 Å². The minimum atomic E-state index is -0.214. The fraction of sp³-hybridized carbons (Fsp3) is 0.160. The fourth-order valence-electron chi connectivity index (χ4n) is 3.84. The Bertz CT molecular complexity index is 1450. The van der Waals surface area contributed by atoms with Gasteiger partial charge in [0.25, 0.3) is 11.4 Å². The Morgan fingerprint density at radius 1 is 1.03 bits per heavy atom. The molecule has 0 aliphatic carbocycles. The second kappa shape index (κ2) is 8.19. The van der Waals surface area contributed by atoms with Crippen LogP contribution in [0.3, 0.4) is 0 Å². The lowest BCUT2D eigenvalue weighted by Crippen LogP contribution is -2.07. The summed E-state index contributed by atoms with van der Waals surface area (Å²) in [6, 6.07) is 19.2. The predicted molar refractivity (Wildman–Crippen MR) is 123 cm³/mol. The van der Waals surface area contributed by atoms with Crippen LogP contribution in [0.1, 0.15) is 24.9 Å². The molecule has 2 aromatic carbocycles. The van der Waals surface area contributed by atoms with Crippen LogP contribution in [-0.2, 0) is 6.42 Å². The van der Waals surface area contributed by atoms with Gasteiger partial charge >= 0.3 is 0 Å². The van der Waals surface area contributed by atoms with E-state index >= 15 is 0 Å². The summed E-state index contributed by atoms with van der Waals surface area (Å²) in [4.78, 5) is 23.6. The van der Waals surface area contributed by atoms with Crippen molar-refractivity contribution in [1.29, 1.82) is 0 Å². The number of rotatable bonds is 6. The smallest absolute Gasteiger partial charge is 0.274 e. The Morgan fingerprint density at radius 2 is 1.81 bits per heavy atom. The second-order valence-electron chi connectivity index (χ2n) is 7.60. The lowest BCUT2D eigenvalue weighted by atomic mass is 10.1. The normalized spacial score (nSPS) is 11.2.